The Morgan fingerprint density at radius 2 is 1.57 bits per heavy atom. The lowest BCUT2D eigenvalue weighted by Gasteiger charge is -2.35. The predicted molar refractivity (Wildman–Crippen MR) is 111 cm³/mol. The number of hydrogen-bond donors (Lipinski definition) is 0. The first kappa shape index (κ1) is 18.7. The summed E-state index contributed by atoms with van der Waals surface area (Å²) in [5.41, 5.74) is 2.78. The second-order valence-electron chi connectivity index (χ2n) is 7.11. The molecule has 3 heterocycles. The van der Waals surface area contributed by atoms with Crippen molar-refractivity contribution in [3.8, 4) is 22.5 Å². The maximum absolute atomic E-state index is 12.9. The Kier molecular flexibility index (Phi) is 4.65. The van der Waals surface area contributed by atoms with Crippen molar-refractivity contribution in [2.45, 2.75) is 10.8 Å². The van der Waals surface area contributed by atoms with Crippen molar-refractivity contribution in [3.63, 3.8) is 0 Å². The van der Waals surface area contributed by atoms with Crippen LogP contribution in [0.1, 0.15) is 11.8 Å². The summed E-state index contributed by atoms with van der Waals surface area (Å²) in [6, 6.07) is 20.5. The van der Waals surface area contributed by atoms with Gasteiger partial charge in [0.1, 0.15) is 0 Å². The summed E-state index contributed by atoms with van der Waals surface area (Å²) in [5.74, 6) is 0.789. The molecule has 0 radical (unpaired) electrons. The molecule has 1 fully saturated rings. The molecule has 7 nitrogen and oxygen atoms in total. The van der Waals surface area contributed by atoms with Gasteiger partial charge in [-0.1, -0.05) is 47.6 Å². The molecule has 150 valence electrons. The molecule has 1 aliphatic rings. The second-order valence-corrected chi connectivity index (χ2v) is 9.05. The average Bonchev–Trinajstić information content (AvgIpc) is 3.23. The zero-order chi connectivity index (χ0) is 20.6. The van der Waals surface area contributed by atoms with E-state index in [1.54, 1.807) is 30.6 Å². The van der Waals surface area contributed by atoms with Crippen molar-refractivity contribution < 1.29 is 12.9 Å². The third-order valence-electron chi connectivity index (χ3n) is 5.16. The van der Waals surface area contributed by atoms with E-state index in [9.17, 15) is 8.42 Å². The summed E-state index contributed by atoms with van der Waals surface area (Å²) in [5, 5.41) is 3.98. The van der Waals surface area contributed by atoms with Gasteiger partial charge in [0.15, 0.2) is 0 Å². The van der Waals surface area contributed by atoms with E-state index in [4.69, 9.17) is 4.52 Å². The van der Waals surface area contributed by atoms with E-state index in [0.29, 0.717) is 24.8 Å². The van der Waals surface area contributed by atoms with Gasteiger partial charge in [-0.25, -0.2) is 8.42 Å². The Morgan fingerprint density at radius 1 is 0.867 bits per heavy atom. The number of benzene rings is 2. The molecule has 0 spiro atoms. The number of sulfonamides is 1. The quantitative estimate of drug-likeness (QED) is 0.492. The van der Waals surface area contributed by atoms with Crippen LogP contribution in [0.3, 0.4) is 0 Å². The van der Waals surface area contributed by atoms with Crippen LogP contribution in [0.25, 0.3) is 22.5 Å². The van der Waals surface area contributed by atoms with Crippen LogP contribution >= 0.6 is 0 Å². The topological polar surface area (TPSA) is 89.2 Å². The molecule has 2 aromatic carbocycles. The fraction of sp³-hybridized carbons (Fsp3) is 0.136. The number of rotatable bonds is 5. The molecule has 8 heteroatoms. The Labute approximate surface area is 174 Å². The van der Waals surface area contributed by atoms with Gasteiger partial charge in [0.25, 0.3) is 0 Å². The van der Waals surface area contributed by atoms with E-state index in [0.717, 1.165) is 16.7 Å². The molecule has 0 unspecified atom stereocenters. The molecule has 0 aliphatic carbocycles. The van der Waals surface area contributed by atoms with Crippen molar-refractivity contribution >= 4 is 10.0 Å². The molecule has 0 N–H and O–H groups in total. The zero-order valence-corrected chi connectivity index (χ0v) is 16.7. The summed E-state index contributed by atoms with van der Waals surface area (Å²) in [4.78, 5) is 8.72. The first-order valence-electron chi connectivity index (χ1n) is 9.51. The average molecular weight is 418 g/mol. The fourth-order valence-corrected chi connectivity index (χ4v) is 4.93. The predicted octanol–water partition coefficient (Wildman–Crippen LogP) is 3.59. The maximum atomic E-state index is 12.9. The van der Waals surface area contributed by atoms with Crippen molar-refractivity contribution in [1.82, 2.24) is 19.4 Å². The summed E-state index contributed by atoms with van der Waals surface area (Å²) in [7, 11) is -3.55. The summed E-state index contributed by atoms with van der Waals surface area (Å²) < 4.78 is 32.6. The minimum Gasteiger partial charge on any atom is -0.339 e. The molecular formula is C22H18N4O3S. The van der Waals surface area contributed by atoms with Gasteiger partial charge < -0.3 is 4.52 Å². The van der Waals surface area contributed by atoms with Gasteiger partial charge in [0, 0.05) is 31.0 Å². The van der Waals surface area contributed by atoms with Crippen molar-refractivity contribution in [1.29, 1.82) is 0 Å². The van der Waals surface area contributed by atoms with Gasteiger partial charge in [-0.15, -0.1) is 0 Å². The van der Waals surface area contributed by atoms with Gasteiger partial charge in [-0.05, 0) is 35.4 Å². The van der Waals surface area contributed by atoms with Gasteiger partial charge in [-0.2, -0.15) is 9.29 Å². The van der Waals surface area contributed by atoms with Crippen LogP contribution in [-0.4, -0.2) is 40.9 Å². The molecular weight excluding hydrogens is 400 g/mol. The van der Waals surface area contributed by atoms with Crippen LogP contribution in [0.2, 0.25) is 0 Å². The molecule has 0 saturated carbocycles. The lowest BCUT2D eigenvalue weighted by molar-refractivity contribution is 0.217. The van der Waals surface area contributed by atoms with Gasteiger partial charge in [0.05, 0.1) is 10.8 Å². The molecule has 4 aromatic rings. The maximum Gasteiger partial charge on any atom is 0.243 e. The zero-order valence-electron chi connectivity index (χ0n) is 15.9. The van der Waals surface area contributed by atoms with Crippen LogP contribution in [0.4, 0.5) is 0 Å². The van der Waals surface area contributed by atoms with Gasteiger partial charge >= 0.3 is 0 Å². The Hall–Kier alpha value is -3.36. The van der Waals surface area contributed by atoms with Gasteiger partial charge in [0.2, 0.25) is 21.7 Å². The van der Waals surface area contributed by atoms with Crippen LogP contribution < -0.4 is 0 Å². The summed E-state index contributed by atoms with van der Waals surface area (Å²) in [6.07, 6.45) is 3.33. The van der Waals surface area contributed by atoms with E-state index in [1.165, 1.54) is 4.31 Å². The standard InChI is InChI=1S/C22H18N4O3S/c27-30(28,20-10-8-17(9-11-20)16-5-2-1-3-6-16)26-14-19(15-26)22-24-21(25-29-22)18-7-4-12-23-13-18/h1-13,19H,14-15H2. The Bertz CT molecular complexity index is 1250. The highest BCUT2D eigenvalue weighted by Gasteiger charge is 2.40. The van der Waals surface area contributed by atoms with Gasteiger partial charge in [-0.3, -0.25) is 4.98 Å². The highest BCUT2D eigenvalue weighted by Crippen LogP contribution is 2.32. The van der Waals surface area contributed by atoms with Crippen molar-refractivity contribution in [3.05, 3.63) is 85.0 Å². The molecule has 0 atom stereocenters. The Balaban J connectivity index is 1.28. The molecule has 1 aliphatic heterocycles. The SMILES string of the molecule is O=S(=O)(c1ccc(-c2ccccc2)cc1)N1CC(c2nc(-c3cccnc3)no2)C1. The summed E-state index contributed by atoms with van der Waals surface area (Å²) in [6.45, 7) is 0.634. The first-order chi connectivity index (χ1) is 14.6. The third-order valence-corrected chi connectivity index (χ3v) is 7.00. The lowest BCUT2D eigenvalue weighted by Crippen LogP contribution is -2.48. The number of pyridine rings is 1. The van der Waals surface area contributed by atoms with Crippen LogP contribution in [0, 0.1) is 0 Å². The molecule has 0 bridgehead atoms. The van der Waals surface area contributed by atoms with E-state index in [-0.39, 0.29) is 10.8 Å². The van der Waals surface area contributed by atoms with Crippen molar-refractivity contribution in [2.24, 2.45) is 0 Å². The number of hydrogen-bond acceptors (Lipinski definition) is 6. The smallest absolute Gasteiger partial charge is 0.243 e. The van der Waals surface area contributed by atoms with E-state index in [1.807, 2.05) is 48.5 Å². The monoisotopic (exact) mass is 418 g/mol. The van der Waals surface area contributed by atoms with E-state index in [2.05, 4.69) is 15.1 Å². The number of aromatic nitrogens is 3. The van der Waals surface area contributed by atoms with Crippen molar-refractivity contribution in [2.75, 3.05) is 13.1 Å². The first-order valence-corrected chi connectivity index (χ1v) is 10.9. The van der Waals surface area contributed by atoms with Crippen LogP contribution in [0.15, 0.2) is 88.5 Å². The molecule has 30 heavy (non-hydrogen) atoms. The van der Waals surface area contributed by atoms with E-state index < -0.39 is 10.0 Å². The molecule has 5 rings (SSSR count). The Morgan fingerprint density at radius 3 is 2.27 bits per heavy atom. The van der Waals surface area contributed by atoms with Crippen LogP contribution in [0.5, 0.6) is 0 Å². The highest BCUT2D eigenvalue weighted by atomic mass is 32.2. The normalized spacial score (nSPS) is 15.1. The van der Waals surface area contributed by atoms with Crippen LogP contribution in [-0.2, 0) is 10.0 Å². The largest absolute Gasteiger partial charge is 0.339 e. The third kappa shape index (κ3) is 3.40. The van der Waals surface area contributed by atoms with E-state index >= 15 is 0 Å². The minimum atomic E-state index is -3.55. The minimum absolute atomic E-state index is 0.110. The fourth-order valence-electron chi connectivity index (χ4n) is 3.40. The molecule has 2 aromatic heterocycles. The highest BCUT2D eigenvalue weighted by molar-refractivity contribution is 7.89. The molecule has 0 amide bonds. The molecule has 1 saturated heterocycles. The summed E-state index contributed by atoms with van der Waals surface area (Å²) >= 11 is 0. The number of nitrogens with zero attached hydrogens (tertiary/aromatic N) is 4. The second kappa shape index (κ2) is 7.47. The lowest BCUT2D eigenvalue weighted by atomic mass is 10.0.